The Kier molecular flexibility index (Phi) is 5.06. The van der Waals surface area contributed by atoms with Crippen molar-refractivity contribution >= 4 is 56.0 Å². The molecule has 0 aliphatic heterocycles. The van der Waals surface area contributed by atoms with Gasteiger partial charge in [-0.25, -0.2) is 0 Å². The normalized spacial score (nSPS) is 11.5. The van der Waals surface area contributed by atoms with Crippen molar-refractivity contribution in [2.24, 2.45) is 0 Å². The van der Waals surface area contributed by atoms with Crippen LogP contribution < -0.4 is 5.46 Å². The van der Waals surface area contributed by atoms with Crippen LogP contribution >= 0.6 is 0 Å². The number of rotatable bonds is 5. The molecule has 0 radical (unpaired) electrons. The molecule has 2 nitrogen and oxygen atoms in total. The SMILES string of the molecule is OCCOBc1c2cc3ccccc3cc2c(-c2ccccc2)c2cc3ccccc3cc12. The van der Waals surface area contributed by atoms with Crippen LogP contribution in [-0.2, 0) is 4.65 Å². The monoisotopic (exact) mass is 426 g/mol. The first kappa shape index (κ1) is 20.0. The molecule has 0 heterocycles. The van der Waals surface area contributed by atoms with Crippen LogP contribution in [0.4, 0.5) is 0 Å². The Hall–Kier alpha value is -3.66. The third-order valence-electron chi connectivity index (χ3n) is 6.51. The van der Waals surface area contributed by atoms with Crippen molar-refractivity contribution in [1.29, 1.82) is 0 Å². The average Bonchev–Trinajstić information content (AvgIpc) is 2.87. The summed E-state index contributed by atoms with van der Waals surface area (Å²) in [6.45, 7) is 0.342. The smallest absolute Gasteiger partial charge is 0.309 e. The second-order valence-electron chi connectivity index (χ2n) is 8.49. The fourth-order valence-electron chi connectivity index (χ4n) is 4.99. The van der Waals surface area contributed by atoms with E-state index < -0.39 is 0 Å². The van der Waals surface area contributed by atoms with E-state index in [9.17, 15) is 5.11 Å². The van der Waals surface area contributed by atoms with Gasteiger partial charge in [0.25, 0.3) is 0 Å². The van der Waals surface area contributed by atoms with Gasteiger partial charge in [-0.05, 0) is 83.9 Å². The molecule has 0 aliphatic rings. The molecule has 0 saturated heterocycles. The summed E-state index contributed by atoms with van der Waals surface area (Å²) in [5.74, 6) is 0. The number of aliphatic hydroxyl groups is 1. The van der Waals surface area contributed by atoms with Gasteiger partial charge in [-0.3, -0.25) is 0 Å². The largest absolute Gasteiger partial charge is 0.432 e. The molecule has 158 valence electrons. The van der Waals surface area contributed by atoms with Gasteiger partial charge in [-0.15, -0.1) is 0 Å². The van der Waals surface area contributed by atoms with Crippen molar-refractivity contribution in [3.63, 3.8) is 0 Å². The number of benzene rings is 6. The predicted octanol–water partition coefficient (Wildman–Crippen LogP) is 5.95. The average molecular weight is 426 g/mol. The van der Waals surface area contributed by atoms with Gasteiger partial charge in [-0.2, -0.15) is 0 Å². The molecule has 0 fully saturated rings. The summed E-state index contributed by atoms with van der Waals surface area (Å²) in [4.78, 5) is 0. The van der Waals surface area contributed by atoms with Crippen molar-refractivity contribution in [2.75, 3.05) is 13.2 Å². The summed E-state index contributed by atoms with van der Waals surface area (Å²) < 4.78 is 5.90. The van der Waals surface area contributed by atoms with Gasteiger partial charge in [0.2, 0.25) is 0 Å². The van der Waals surface area contributed by atoms with Crippen LogP contribution in [0.2, 0.25) is 0 Å². The molecule has 6 aromatic carbocycles. The molecule has 0 atom stereocenters. The first-order chi connectivity index (χ1) is 16.3. The Labute approximate surface area is 193 Å². The van der Waals surface area contributed by atoms with E-state index in [0.717, 1.165) is 0 Å². The van der Waals surface area contributed by atoms with E-state index in [0.29, 0.717) is 14.1 Å². The summed E-state index contributed by atoms with van der Waals surface area (Å²) in [5, 5.41) is 19.1. The highest BCUT2D eigenvalue weighted by atomic mass is 16.4. The Bertz CT molecular complexity index is 1530. The molecule has 6 rings (SSSR count). The van der Waals surface area contributed by atoms with E-state index in [1.54, 1.807) is 0 Å². The maximum atomic E-state index is 9.32. The van der Waals surface area contributed by atoms with Crippen molar-refractivity contribution in [3.05, 3.63) is 103 Å². The fourth-order valence-corrected chi connectivity index (χ4v) is 4.99. The second kappa shape index (κ2) is 8.36. The van der Waals surface area contributed by atoms with E-state index in [1.165, 1.54) is 59.7 Å². The van der Waals surface area contributed by atoms with Crippen LogP contribution in [-0.4, -0.2) is 25.8 Å². The first-order valence-electron chi connectivity index (χ1n) is 11.4. The van der Waals surface area contributed by atoms with Gasteiger partial charge < -0.3 is 9.76 Å². The van der Waals surface area contributed by atoms with Crippen molar-refractivity contribution in [3.8, 4) is 11.1 Å². The van der Waals surface area contributed by atoms with Crippen molar-refractivity contribution in [1.82, 2.24) is 0 Å². The summed E-state index contributed by atoms with van der Waals surface area (Å²) in [7, 11) is 0.458. The maximum Gasteiger partial charge on any atom is 0.309 e. The molecular weight excluding hydrogens is 403 g/mol. The van der Waals surface area contributed by atoms with Crippen LogP contribution in [0, 0.1) is 0 Å². The lowest BCUT2D eigenvalue weighted by Gasteiger charge is -2.19. The lowest BCUT2D eigenvalue weighted by molar-refractivity contribution is 0.209. The summed E-state index contributed by atoms with van der Waals surface area (Å²) in [6, 6.07) is 36.9. The van der Waals surface area contributed by atoms with Crippen LogP contribution in [0.25, 0.3) is 54.2 Å². The minimum Gasteiger partial charge on any atom is -0.432 e. The van der Waals surface area contributed by atoms with E-state index >= 15 is 0 Å². The number of hydrogen-bond donors (Lipinski definition) is 1. The molecule has 1 N–H and O–H groups in total. The third-order valence-corrected chi connectivity index (χ3v) is 6.51. The van der Waals surface area contributed by atoms with Crippen LogP contribution in [0.15, 0.2) is 103 Å². The topological polar surface area (TPSA) is 29.5 Å². The van der Waals surface area contributed by atoms with E-state index in [1.807, 2.05) is 0 Å². The number of hydrogen-bond acceptors (Lipinski definition) is 2. The van der Waals surface area contributed by atoms with Crippen molar-refractivity contribution < 1.29 is 9.76 Å². The highest BCUT2D eigenvalue weighted by Crippen LogP contribution is 2.38. The van der Waals surface area contributed by atoms with E-state index in [4.69, 9.17) is 4.65 Å². The quantitative estimate of drug-likeness (QED) is 0.210. The lowest BCUT2D eigenvalue weighted by Crippen LogP contribution is -2.21. The highest BCUT2D eigenvalue weighted by molar-refractivity contribution is 6.57. The molecule has 0 unspecified atom stereocenters. The lowest BCUT2D eigenvalue weighted by atomic mass is 9.76. The molecule has 0 aromatic heterocycles. The molecule has 0 aliphatic carbocycles. The first-order valence-corrected chi connectivity index (χ1v) is 11.4. The summed E-state index contributed by atoms with van der Waals surface area (Å²) >= 11 is 0. The standard InChI is InChI=1S/C30H23BO2/c32-14-15-33-31-30-27-18-23-12-6-4-10-21(23)16-25(27)29(20-8-2-1-3-9-20)26-17-22-11-5-7-13-24(22)19-28(26)30/h1-13,16-19,31-32H,14-15H2. The van der Waals surface area contributed by atoms with Crippen LogP contribution in [0.3, 0.4) is 0 Å². The zero-order valence-electron chi connectivity index (χ0n) is 18.3. The van der Waals surface area contributed by atoms with Gasteiger partial charge in [0.05, 0.1) is 13.2 Å². The van der Waals surface area contributed by atoms with Crippen LogP contribution in [0.5, 0.6) is 0 Å². The predicted molar refractivity (Wildman–Crippen MR) is 142 cm³/mol. The minimum atomic E-state index is 0.0177. The Morgan fingerprint density at radius 2 is 1.03 bits per heavy atom. The molecule has 33 heavy (non-hydrogen) atoms. The third kappa shape index (κ3) is 3.47. The molecule has 0 spiro atoms. The number of aliphatic hydroxyl groups excluding tert-OH is 1. The van der Waals surface area contributed by atoms with Crippen molar-refractivity contribution in [2.45, 2.75) is 0 Å². The molecule has 3 heteroatoms. The van der Waals surface area contributed by atoms with Gasteiger partial charge >= 0.3 is 7.48 Å². The van der Waals surface area contributed by atoms with Crippen LogP contribution in [0.1, 0.15) is 0 Å². The number of fused-ring (bicyclic) bond motifs is 4. The zero-order valence-corrected chi connectivity index (χ0v) is 18.3. The van der Waals surface area contributed by atoms with Gasteiger partial charge in [-0.1, -0.05) is 78.9 Å². The molecular formula is C30H23BO2. The molecule has 0 bridgehead atoms. The van der Waals surface area contributed by atoms with Gasteiger partial charge in [0, 0.05) is 0 Å². The maximum absolute atomic E-state index is 9.32. The summed E-state index contributed by atoms with van der Waals surface area (Å²) in [6.07, 6.45) is 0. The Morgan fingerprint density at radius 1 is 0.576 bits per heavy atom. The van der Waals surface area contributed by atoms with E-state index in [2.05, 4.69) is 103 Å². The second-order valence-corrected chi connectivity index (χ2v) is 8.49. The minimum absolute atomic E-state index is 0.0177. The summed E-state index contributed by atoms with van der Waals surface area (Å²) in [5.41, 5.74) is 3.63. The molecule has 6 aromatic rings. The zero-order chi connectivity index (χ0) is 22.2. The van der Waals surface area contributed by atoms with Gasteiger partial charge in [0.1, 0.15) is 0 Å². The van der Waals surface area contributed by atoms with E-state index in [-0.39, 0.29) is 6.61 Å². The Balaban J connectivity index is 1.82. The van der Waals surface area contributed by atoms with Gasteiger partial charge in [0.15, 0.2) is 0 Å². The highest BCUT2D eigenvalue weighted by Gasteiger charge is 2.18. The molecule has 0 saturated carbocycles. The fraction of sp³-hybridized carbons (Fsp3) is 0.0667. The Morgan fingerprint density at radius 3 is 1.52 bits per heavy atom. The molecule has 0 amide bonds.